The van der Waals surface area contributed by atoms with E-state index in [9.17, 15) is 34.7 Å². The third-order valence-corrected chi connectivity index (χ3v) is 6.03. The molecule has 0 bridgehead atoms. The number of non-ortho nitro benzene ring substituents is 1. The highest BCUT2D eigenvalue weighted by Crippen LogP contribution is 2.33. The highest BCUT2D eigenvalue weighted by Gasteiger charge is 2.58. The second kappa shape index (κ2) is 7.71. The fourth-order valence-electron chi connectivity index (χ4n) is 4.16. The molecule has 3 N–H and O–H groups in total. The number of aromatic hydroxyl groups is 1. The van der Waals surface area contributed by atoms with Crippen LogP contribution in [-0.2, 0) is 16.0 Å². The van der Waals surface area contributed by atoms with E-state index in [1.807, 2.05) is 0 Å². The average Bonchev–Trinajstić information content (AvgIpc) is 3.22. The Morgan fingerprint density at radius 1 is 1.18 bits per heavy atom. The quantitative estimate of drug-likeness (QED) is 0.227. The summed E-state index contributed by atoms with van der Waals surface area (Å²) in [5.41, 5.74) is -2.39. The minimum atomic E-state index is -2.85. The lowest BCUT2D eigenvalue weighted by Crippen LogP contribution is -2.73. The molecule has 11 nitrogen and oxygen atoms in total. The van der Waals surface area contributed by atoms with Gasteiger partial charge >= 0.3 is 0 Å². The summed E-state index contributed by atoms with van der Waals surface area (Å²) in [5, 5.41) is 32.9. The molecule has 1 aliphatic rings. The highest BCUT2D eigenvalue weighted by atomic mass is 16.6. The molecule has 3 aromatic rings. The standard InChI is InChI=1S/C22H20N4O7/c1-24-16(10-12-11-23-14-7-5-8-15(18(12)14)26(32)33)20(29)25(2)22(31,21(24)30)19(28)13-6-3-4-9-17(13)27/h3-9,11,16,23,27,31H,10H2,1-2H3/t16-,22-/m0/s1. The van der Waals surface area contributed by atoms with Gasteiger partial charge in [0, 0.05) is 32.8 Å². The van der Waals surface area contributed by atoms with Crippen LogP contribution in [0.5, 0.6) is 5.75 Å². The molecular weight excluding hydrogens is 432 g/mol. The van der Waals surface area contributed by atoms with Gasteiger partial charge in [-0.2, -0.15) is 0 Å². The van der Waals surface area contributed by atoms with Crippen molar-refractivity contribution in [2.24, 2.45) is 0 Å². The molecule has 0 radical (unpaired) electrons. The molecule has 2 heterocycles. The van der Waals surface area contributed by atoms with Crippen molar-refractivity contribution in [3.63, 3.8) is 0 Å². The minimum absolute atomic E-state index is 0.0862. The molecule has 0 aliphatic carbocycles. The van der Waals surface area contributed by atoms with E-state index >= 15 is 0 Å². The van der Waals surface area contributed by atoms with Gasteiger partial charge in [-0.1, -0.05) is 18.2 Å². The molecule has 1 aliphatic heterocycles. The molecule has 4 rings (SSSR count). The van der Waals surface area contributed by atoms with Crippen LogP contribution in [0.25, 0.3) is 10.9 Å². The van der Waals surface area contributed by atoms with E-state index < -0.39 is 40.0 Å². The lowest BCUT2D eigenvalue weighted by Gasteiger charge is -2.45. The lowest BCUT2D eigenvalue weighted by molar-refractivity contribution is -0.383. The summed E-state index contributed by atoms with van der Waals surface area (Å²) in [7, 11) is 2.39. The number of hydrogen-bond acceptors (Lipinski definition) is 7. The molecule has 0 unspecified atom stereocenters. The topological polar surface area (TPSA) is 157 Å². The third kappa shape index (κ3) is 3.21. The number of Topliss-reactive ketones (excluding diaryl/α,β-unsaturated/α-hetero) is 1. The molecule has 1 aromatic heterocycles. The first kappa shape index (κ1) is 22.0. The maximum atomic E-state index is 13.2. The molecule has 1 fully saturated rings. The number of phenols is 1. The van der Waals surface area contributed by atoms with E-state index in [1.165, 1.54) is 49.6 Å². The number of nitro benzene ring substituents is 1. The van der Waals surface area contributed by atoms with Gasteiger partial charge in [0.1, 0.15) is 11.8 Å². The van der Waals surface area contributed by atoms with Gasteiger partial charge in [0.2, 0.25) is 11.7 Å². The molecular formula is C22H20N4O7. The number of H-pyrrole nitrogens is 1. The number of ketones is 1. The number of aliphatic hydroxyl groups is 1. The van der Waals surface area contributed by atoms with E-state index in [0.29, 0.717) is 21.4 Å². The number of fused-ring (bicyclic) bond motifs is 1. The molecule has 170 valence electrons. The number of carbonyl (C=O) groups excluding carboxylic acids is 3. The molecule has 2 amide bonds. The zero-order valence-corrected chi connectivity index (χ0v) is 17.7. The number of carbonyl (C=O) groups is 3. The van der Waals surface area contributed by atoms with Crippen molar-refractivity contribution >= 4 is 34.2 Å². The molecule has 0 spiro atoms. The fourth-order valence-corrected chi connectivity index (χ4v) is 4.16. The number of nitrogens with zero attached hydrogens (tertiary/aromatic N) is 3. The maximum Gasteiger partial charge on any atom is 0.286 e. The van der Waals surface area contributed by atoms with E-state index in [4.69, 9.17) is 0 Å². The van der Waals surface area contributed by atoms with Gasteiger partial charge in [-0.25, -0.2) is 0 Å². The number of para-hydroxylation sites is 1. The number of nitrogens with one attached hydrogen (secondary N) is 1. The molecule has 2 atom stereocenters. The Bertz CT molecular complexity index is 1320. The predicted molar refractivity (Wildman–Crippen MR) is 115 cm³/mol. The minimum Gasteiger partial charge on any atom is -0.507 e. The van der Waals surface area contributed by atoms with Crippen LogP contribution >= 0.6 is 0 Å². The SMILES string of the molecule is CN1C(=O)[C@@](O)(C(=O)c2ccccc2O)N(C)C(=O)[C@@H]1Cc1c[nH]c2cccc([N+](=O)[O-])c12. The molecule has 33 heavy (non-hydrogen) atoms. The van der Waals surface area contributed by atoms with Gasteiger partial charge in [-0.3, -0.25) is 24.5 Å². The Morgan fingerprint density at radius 3 is 2.55 bits per heavy atom. The third-order valence-electron chi connectivity index (χ3n) is 6.03. The molecule has 1 saturated heterocycles. The Kier molecular flexibility index (Phi) is 5.13. The van der Waals surface area contributed by atoms with Crippen LogP contribution < -0.4 is 0 Å². The number of likely N-dealkylation sites (N-methyl/N-ethyl adjacent to an activating group) is 2. The average molecular weight is 452 g/mol. The van der Waals surface area contributed by atoms with Crippen molar-refractivity contribution in [1.29, 1.82) is 0 Å². The zero-order valence-electron chi connectivity index (χ0n) is 17.7. The normalized spacial score (nSPS) is 21.0. The number of aromatic amines is 1. The summed E-state index contributed by atoms with van der Waals surface area (Å²) in [6.45, 7) is 0. The zero-order chi connectivity index (χ0) is 24.1. The van der Waals surface area contributed by atoms with Gasteiger partial charge in [-0.05, 0) is 23.8 Å². The van der Waals surface area contributed by atoms with Crippen molar-refractivity contribution < 1.29 is 29.5 Å². The van der Waals surface area contributed by atoms with Crippen molar-refractivity contribution in [3.05, 3.63) is 69.9 Å². The lowest BCUT2D eigenvalue weighted by atomic mass is 9.91. The number of piperazine rings is 1. The van der Waals surface area contributed by atoms with Gasteiger partial charge in [0.05, 0.1) is 21.4 Å². The van der Waals surface area contributed by atoms with Crippen LogP contribution in [0.2, 0.25) is 0 Å². The summed E-state index contributed by atoms with van der Waals surface area (Å²) in [4.78, 5) is 54.9. The molecule has 11 heteroatoms. The van der Waals surface area contributed by atoms with Crippen LogP contribution in [0.1, 0.15) is 15.9 Å². The predicted octanol–water partition coefficient (Wildman–Crippen LogP) is 1.19. The van der Waals surface area contributed by atoms with Gasteiger partial charge in [0.15, 0.2) is 0 Å². The number of nitro groups is 1. The Morgan fingerprint density at radius 2 is 1.88 bits per heavy atom. The van der Waals surface area contributed by atoms with E-state index in [0.717, 1.165) is 11.9 Å². The summed E-state index contributed by atoms with van der Waals surface area (Å²) < 4.78 is 0. The van der Waals surface area contributed by atoms with E-state index in [-0.39, 0.29) is 17.7 Å². The largest absolute Gasteiger partial charge is 0.507 e. The number of amides is 2. The Hall–Kier alpha value is -4.25. The number of rotatable bonds is 5. The summed E-state index contributed by atoms with van der Waals surface area (Å²) in [6, 6.07) is 8.77. The second-order valence-corrected chi connectivity index (χ2v) is 7.82. The Labute approximate surface area is 187 Å². The number of phenolic OH excluding ortho intramolecular Hbond substituents is 1. The van der Waals surface area contributed by atoms with E-state index in [2.05, 4.69) is 4.98 Å². The smallest absolute Gasteiger partial charge is 0.286 e. The summed E-state index contributed by atoms with van der Waals surface area (Å²) in [6.07, 6.45) is 1.44. The monoisotopic (exact) mass is 452 g/mol. The van der Waals surface area contributed by atoms with Crippen molar-refractivity contribution in [3.8, 4) is 5.75 Å². The van der Waals surface area contributed by atoms with Gasteiger partial charge in [-0.15, -0.1) is 0 Å². The maximum absolute atomic E-state index is 13.2. The van der Waals surface area contributed by atoms with Crippen molar-refractivity contribution in [1.82, 2.24) is 14.8 Å². The van der Waals surface area contributed by atoms with Crippen molar-refractivity contribution in [2.75, 3.05) is 14.1 Å². The van der Waals surface area contributed by atoms with E-state index in [1.54, 1.807) is 6.07 Å². The second-order valence-electron chi connectivity index (χ2n) is 7.82. The van der Waals surface area contributed by atoms with Crippen LogP contribution in [-0.4, -0.2) is 73.4 Å². The highest BCUT2D eigenvalue weighted by molar-refractivity contribution is 6.20. The first-order valence-electron chi connectivity index (χ1n) is 9.92. The van der Waals surface area contributed by atoms with Crippen LogP contribution in [0.4, 0.5) is 5.69 Å². The Balaban J connectivity index is 1.71. The number of aromatic nitrogens is 1. The summed E-state index contributed by atoms with van der Waals surface area (Å²) in [5.74, 6) is -3.39. The van der Waals surface area contributed by atoms with Crippen molar-refractivity contribution in [2.45, 2.75) is 18.2 Å². The molecule has 0 saturated carbocycles. The van der Waals surface area contributed by atoms with Crippen LogP contribution in [0.3, 0.4) is 0 Å². The first-order valence-corrected chi connectivity index (χ1v) is 9.92. The first-order chi connectivity index (χ1) is 15.6. The summed E-state index contributed by atoms with van der Waals surface area (Å²) >= 11 is 0. The van der Waals surface area contributed by atoms with Crippen LogP contribution in [0.15, 0.2) is 48.7 Å². The van der Waals surface area contributed by atoms with Gasteiger partial charge < -0.3 is 25.0 Å². The molecule has 2 aromatic carbocycles. The number of benzene rings is 2. The van der Waals surface area contributed by atoms with Crippen LogP contribution in [0, 0.1) is 10.1 Å². The van der Waals surface area contributed by atoms with Gasteiger partial charge in [0.25, 0.3) is 17.3 Å². The number of hydrogen-bond donors (Lipinski definition) is 3. The fraction of sp³-hybridized carbons (Fsp3) is 0.227.